The second kappa shape index (κ2) is 5.99. The van der Waals surface area contributed by atoms with E-state index in [0.29, 0.717) is 18.2 Å². The van der Waals surface area contributed by atoms with Crippen molar-refractivity contribution in [2.45, 2.75) is 19.4 Å². The average Bonchev–Trinajstić information content (AvgIpc) is 3.13. The van der Waals surface area contributed by atoms with E-state index in [4.69, 9.17) is 16.3 Å². The summed E-state index contributed by atoms with van der Waals surface area (Å²) < 4.78 is 7.32. The van der Waals surface area contributed by atoms with Crippen molar-refractivity contribution < 1.29 is 4.74 Å². The number of nitrogens with zero attached hydrogens (tertiary/aromatic N) is 4. The molecule has 1 atom stereocenters. The van der Waals surface area contributed by atoms with E-state index in [2.05, 4.69) is 26.4 Å². The first-order valence-electron chi connectivity index (χ1n) is 6.61. The van der Waals surface area contributed by atoms with Gasteiger partial charge in [0.2, 0.25) is 5.88 Å². The van der Waals surface area contributed by atoms with E-state index in [0.717, 1.165) is 22.0 Å². The van der Waals surface area contributed by atoms with Crippen LogP contribution >= 0.6 is 22.9 Å². The van der Waals surface area contributed by atoms with Crippen LogP contribution in [0.3, 0.4) is 0 Å². The fraction of sp³-hybridized carbons (Fsp3) is 0.357. The molecule has 0 aliphatic carbocycles. The van der Waals surface area contributed by atoms with Gasteiger partial charge >= 0.3 is 0 Å². The van der Waals surface area contributed by atoms with E-state index >= 15 is 0 Å². The summed E-state index contributed by atoms with van der Waals surface area (Å²) in [6, 6.07) is 3.80. The van der Waals surface area contributed by atoms with Crippen LogP contribution in [0.1, 0.15) is 23.8 Å². The number of aryl methyl sites for hydroxylation is 1. The third-order valence-corrected chi connectivity index (χ3v) is 4.44. The van der Waals surface area contributed by atoms with E-state index in [1.54, 1.807) is 18.4 Å². The number of methoxy groups -OCH3 is 1. The lowest BCUT2D eigenvalue weighted by Crippen LogP contribution is -2.11. The molecule has 21 heavy (non-hydrogen) atoms. The van der Waals surface area contributed by atoms with Gasteiger partial charge in [-0.3, -0.25) is 0 Å². The second-order valence-corrected chi connectivity index (χ2v) is 5.88. The number of aromatic nitrogens is 4. The summed E-state index contributed by atoms with van der Waals surface area (Å²) in [6.07, 6.45) is 2.50. The van der Waals surface area contributed by atoms with E-state index in [1.165, 1.54) is 0 Å². The van der Waals surface area contributed by atoms with Crippen molar-refractivity contribution in [2.24, 2.45) is 0 Å². The van der Waals surface area contributed by atoms with Gasteiger partial charge in [0.25, 0.3) is 0 Å². The maximum atomic E-state index is 5.91. The predicted molar refractivity (Wildman–Crippen MR) is 84.4 cm³/mol. The Morgan fingerprint density at radius 3 is 2.90 bits per heavy atom. The Kier molecular flexibility index (Phi) is 4.07. The number of ether oxygens (including phenoxy) is 1. The quantitative estimate of drug-likeness (QED) is 0.676. The molecule has 5 nitrogen and oxygen atoms in total. The van der Waals surface area contributed by atoms with Crippen molar-refractivity contribution in [1.29, 1.82) is 0 Å². The van der Waals surface area contributed by atoms with Crippen molar-refractivity contribution in [3.05, 3.63) is 34.5 Å². The van der Waals surface area contributed by atoms with Crippen LogP contribution in [0.5, 0.6) is 5.88 Å². The number of fused-ring (bicyclic) bond motifs is 1. The van der Waals surface area contributed by atoms with Gasteiger partial charge in [-0.05, 0) is 13.0 Å². The van der Waals surface area contributed by atoms with Crippen LogP contribution in [0, 0.1) is 0 Å². The molecule has 7 heteroatoms. The van der Waals surface area contributed by atoms with Crippen LogP contribution < -0.4 is 4.74 Å². The second-order valence-electron chi connectivity index (χ2n) is 4.58. The van der Waals surface area contributed by atoms with Crippen molar-refractivity contribution in [2.75, 3.05) is 13.0 Å². The highest BCUT2D eigenvalue weighted by Gasteiger charge is 2.20. The molecular weight excluding hydrogens is 308 g/mol. The molecule has 3 rings (SSSR count). The van der Waals surface area contributed by atoms with Gasteiger partial charge in [-0.1, -0.05) is 0 Å². The summed E-state index contributed by atoms with van der Waals surface area (Å²) >= 11 is 7.54. The van der Waals surface area contributed by atoms with Gasteiger partial charge in [0.15, 0.2) is 5.65 Å². The van der Waals surface area contributed by atoms with Crippen LogP contribution in [-0.2, 0) is 6.42 Å². The fourth-order valence-corrected chi connectivity index (χ4v) is 3.19. The van der Waals surface area contributed by atoms with Crippen molar-refractivity contribution in [3.8, 4) is 5.88 Å². The minimum absolute atomic E-state index is 0.0628. The maximum absolute atomic E-state index is 5.91. The molecular formula is C14H15ClN4OS. The minimum atomic E-state index is 0.0628. The number of thiazole rings is 1. The Morgan fingerprint density at radius 2 is 2.24 bits per heavy atom. The highest BCUT2D eigenvalue weighted by atomic mass is 35.5. The average molecular weight is 323 g/mol. The first-order valence-corrected chi connectivity index (χ1v) is 8.03. The lowest BCUT2D eigenvalue weighted by Gasteiger charge is -2.14. The molecule has 0 saturated heterocycles. The van der Waals surface area contributed by atoms with Crippen LogP contribution in [-0.4, -0.2) is 32.5 Å². The number of halogens is 1. The van der Waals surface area contributed by atoms with Gasteiger partial charge in [-0.25, -0.2) is 9.97 Å². The molecule has 3 aromatic rings. The summed E-state index contributed by atoms with van der Waals surface area (Å²) in [5, 5.41) is 3.00. The maximum Gasteiger partial charge on any atom is 0.215 e. The van der Waals surface area contributed by atoms with Crippen LogP contribution in [0.2, 0.25) is 0 Å². The fourth-order valence-electron chi connectivity index (χ4n) is 2.34. The first-order chi connectivity index (χ1) is 10.2. The molecule has 110 valence electrons. The molecule has 0 fully saturated rings. The van der Waals surface area contributed by atoms with E-state index in [-0.39, 0.29) is 6.04 Å². The highest BCUT2D eigenvalue weighted by Crippen LogP contribution is 2.27. The molecule has 0 amide bonds. The van der Waals surface area contributed by atoms with Crippen LogP contribution in [0.15, 0.2) is 23.7 Å². The molecule has 0 bridgehead atoms. The number of imidazole rings is 1. The zero-order chi connectivity index (χ0) is 14.8. The molecule has 3 aromatic heterocycles. The molecule has 0 saturated carbocycles. The normalized spacial score (nSPS) is 12.7. The Morgan fingerprint density at radius 1 is 1.38 bits per heavy atom. The summed E-state index contributed by atoms with van der Waals surface area (Å²) in [6.45, 7) is 2.10. The molecule has 0 N–H and O–H groups in total. The Labute approximate surface area is 131 Å². The van der Waals surface area contributed by atoms with Gasteiger partial charge in [0.05, 0.1) is 13.2 Å². The molecule has 0 aliphatic heterocycles. The third kappa shape index (κ3) is 2.61. The van der Waals surface area contributed by atoms with Gasteiger partial charge in [-0.15, -0.1) is 22.9 Å². The van der Waals surface area contributed by atoms with Crippen LogP contribution in [0.4, 0.5) is 0 Å². The SMILES string of the molecule is COc1ccc2nc(CCCl)n(C(C)c3nccs3)c2n1. The Balaban J connectivity index is 2.18. The van der Waals surface area contributed by atoms with Gasteiger partial charge in [-0.2, -0.15) is 4.98 Å². The van der Waals surface area contributed by atoms with Gasteiger partial charge in [0, 0.05) is 29.9 Å². The van der Waals surface area contributed by atoms with Gasteiger partial charge < -0.3 is 9.30 Å². The summed E-state index contributed by atoms with van der Waals surface area (Å²) in [5.74, 6) is 2.02. The first kappa shape index (κ1) is 14.3. The number of hydrogen-bond acceptors (Lipinski definition) is 5. The number of rotatable bonds is 5. The molecule has 0 spiro atoms. The smallest absolute Gasteiger partial charge is 0.215 e. The third-order valence-electron chi connectivity index (χ3n) is 3.31. The van der Waals surface area contributed by atoms with E-state index in [1.807, 2.05) is 23.7 Å². The standard InChI is InChI=1S/C14H15ClN4OS/c1-9(14-16-7-8-21-14)19-11(5-6-15)17-10-3-4-12(20-2)18-13(10)19/h3-4,7-9H,5-6H2,1-2H3. The lowest BCUT2D eigenvalue weighted by atomic mass is 10.3. The zero-order valence-electron chi connectivity index (χ0n) is 11.8. The topological polar surface area (TPSA) is 52.8 Å². The minimum Gasteiger partial charge on any atom is -0.481 e. The van der Waals surface area contributed by atoms with Gasteiger partial charge in [0.1, 0.15) is 16.3 Å². The molecule has 0 aliphatic rings. The van der Waals surface area contributed by atoms with Crippen molar-refractivity contribution in [3.63, 3.8) is 0 Å². The van der Waals surface area contributed by atoms with Crippen molar-refractivity contribution in [1.82, 2.24) is 19.5 Å². The number of pyridine rings is 1. The number of alkyl halides is 1. The number of hydrogen-bond donors (Lipinski definition) is 0. The zero-order valence-corrected chi connectivity index (χ0v) is 13.4. The molecule has 0 radical (unpaired) electrons. The Hall–Kier alpha value is -1.66. The molecule has 1 unspecified atom stereocenters. The highest BCUT2D eigenvalue weighted by molar-refractivity contribution is 7.09. The predicted octanol–water partition coefficient (Wildman–Crippen LogP) is 3.29. The summed E-state index contributed by atoms with van der Waals surface area (Å²) in [7, 11) is 1.61. The van der Waals surface area contributed by atoms with E-state index in [9.17, 15) is 0 Å². The monoisotopic (exact) mass is 322 g/mol. The largest absolute Gasteiger partial charge is 0.481 e. The Bertz CT molecular complexity index is 741. The molecule has 0 aromatic carbocycles. The summed E-state index contributed by atoms with van der Waals surface area (Å²) in [4.78, 5) is 13.6. The summed E-state index contributed by atoms with van der Waals surface area (Å²) in [5.41, 5.74) is 1.65. The lowest BCUT2D eigenvalue weighted by molar-refractivity contribution is 0.398. The molecule has 3 heterocycles. The van der Waals surface area contributed by atoms with Crippen molar-refractivity contribution >= 4 is 34.1 Å². The van der Waals surface area contributed by atoms with Crippen LogP contribution in [0.25, 0.3) is 11.2 Å². The van der Waals surface area contributed by atoms with E-state index < -0.39 is 0 Å².